The van der Waals surface area contributed by atoms with Crippen molar-refractivity contribution in [3.63, 3.8) is 0 Å². The van der Waals surface area contributed by atoms with E-state index in [1.807, 2.05) is 38.1 Å². The molecule has 0 unspecified atom stereocenters. The third kappa shape index (κ3) is 6.75. The highest BCUT2D eigenvalue weighted by atomic mass is 32.2. The van der Waals surface area contributed by atoms with E-state index in [4.69, 9.17) is 4.74 Å². The lowest BCUT2D eigenvalue weighted by Crippen LogP contribution is -2.19. The summed E-state index contributed by atoms with van der Waals surface area (Å²) < 4.78 is 5.96. The summed E-state index contributed by atoms with van der Waals surface area (Å²) in [5.74, 6) is 0.772. The molecule has 10 heteroatoms. The second kappa shape index (κ2) is 10.6. The van der Waals surface area contributed by atoms with Gasteiger partial charge in [0.2, 0.25) is 11.0 Å². The van der Waals surface area contributed by atoms with Gasteiger partial charge in [0.25, 0.3) is 0 Å². The van der Waals surface area contributed by atoms with E-state index in [2.05, 4.69) is 26.1 Å². The molecule has 0 bridgehead atoms. The second-order valence-electron chi connectivity index (χ2n) is 6.11. The molecule has 0 fully saturated rings. The molecule has 0 aliphatic heterocycles. The fourth-order valence-electron chi connectivity index (χ4n) is 2.34. The van der Waals surface area contributed by atoms with Crippen LogP contribution in [0.1, 0.15) is 12.5 Å². The minimum Gasteiger partial charge on any atom is -0.494 e. The number of urea groups is 1. The molecule has 3 rings (SSSR count). The first-order valence-corrected chi connectivity index (χ1v) is 11.0. The van der Waals surface area contributed by atoms with Crippen LogP contribution in [-0.4, -0.2) is 34.5 Å². The molecule has 0 spiro atoms. The zero-order chi connectivity index (χ0) is 21.3. The van der Waals surface area contributed by atoms with E-state index in [1.165, 1.54) is 23.1 Å². The van der Waals surface area contributed by atoms with Crippen LogP contribution in [0.2, 0.25) is 0 Å². The van der Waals surface area contributed by atoms with E-state index < -0.39 is 6.03 Å². The van der Waals surface area contributed by atoms with Crippen LogP contribution in [0.4, 0.5) is 21.3 Å². The van der Waals surface area contributed by atoms with Gasteiger partial charge in [0, 0.05) is 11.4 Å². The maximum absolute atomic E-state index is 12.1. The van der Waals surface area contributed by atoms with E-state index in [0.717, 1.165) is 11.3 Å². The zero-order valence-electron chi connectivity index (χ0n) is 16.5. The van der Waals surface area contributed by atoms with Gasteiger partial charge in [-0.05, 0) is 50.2 Å². The third-order valence-electron chi connectivity index (χ3n) is 3.71. The number of thioether (sulfide) groups is 1. The van der Waals surface area contributed by atoms with Gasteiger partial charge < -0.3 is 15.4 Å². The molecule has 3 N–H and O–H groups in total. The van der Waals surface area contributed by atoms with E-state index in [9.17, 15) is 9.59 Å². The SMILES string of the molecule is CCOc1ccc(NC(=O)CSc2nnc(NC(=O)Nc3ccc(C)cc3)s2)cc1. The smallest absolute Gasteiger partial charge is 0.325 e. The Hall–Kier alpha value is -3.11. The lowest BCUT2D eigenvalue weighted by atomic mass is 10.2. The molecule has 0 saturated heterocycles. The van der Waals surface area contributed by atoms with Gasteiger partial charge in [-0.25, -0.2) is 4.79 Å². The van der Waals surface area contributed by atoms with Crippen molar-refractivity contribution in [1.29, 1.82) is 0 Å². The van der Waals surface area contributed by atoms with Gasteiger partial charge in [0.1, 0.15) is 5.75 Å². The number of benzene rings is 2. The summed E-state index contributed by atoms with van der Waals surface area (Å²) in [7, 11) is 0. The molecule has 0 aliphatic carbocycles. The topological polar surface area (TPSA) is 105 Å². The quantitative estimate of drug-likeness (QED) is 0.347. The summed E-state index contributed by atoms with van der Waals surface area (Å²) in [6, 6.07) is 14.2. The molecule has 0 radical (unpaired) electrons. The Labute approximate surface area is 182 Å². The zero-order valence-corrected chi connectivity index (χ0v) is 18.1. The van der Waals surface area contributed by atoms with Gasteiger partial charge in [-0.15, -0.1) is 10.2 Å². The van der Waals surface area contributed by atoms with Crippen molar-refractivity contribution in [3.05, 3.63) is 54.1 Å². The van der Waals surface area contributed by atoms with E-state index in [0.29, 0.717) is 27.5 Å². The minimum absolute atomic E-state index is 0.161. The van der Waals surface area contributed by atoms with E-state index in [-0.39, 0.29) is 11.7 Å². The number of nitrogens with one attached hydrogen (secondary N) is 3. The first-order valence-electron chi connectivity index (χ1n) is 9.15. The van der Waals surface area contributed by atoms with Crippen LogP contribution in [0, 0.1) is 6.92 Å². The number of hydrogen-bond donors (Lipinski definition) is 3. The molecule has 0 aliphatic rings. The molecular weight excluding hydrogens is 422 g/mol. The predicted molar refractivity (Wildman–Crippen MR) is 121 cm³/mol. The normalized spacial score (nSPS) is 10.3. The van der Waals surface area contributed by atoms with Crippen LogP contribution in [0.5, 0.6) is 5.75 Å². The van der Waals surface area contributed by atoms with Crippen LogP contribution in [0.15, 0.2) is 52.9 Å². The Morgan fingerprint density at radius 3 is 2.33 bits per heavy atom. The monoisotopic (exact) mass is 443 g/mol. The van der Waals surface area contributed by atoms with Crippen molar-refractivity contribution in [2.45, 2.75) is 18.2 Å². The van der Waals surface area contributed by atoms with E-state index in [1.54, 1.807) is 24.3 Å². The van der Waals surface area contributed by atoms with Gasteiger partial charge in [-0.1, -0.05) is 40.8 Å². The second-order valence-corrected chi connectivity index (χ2v) is 8.31. The van der Waals surface area contributed by atoms with Gasteiger partial charge in [0.15, 0.2) is 4.34 Å². The number of nitrogens with zero attached hydrogens (tertiary/aromatic N) is 2. The summed E-state index contributed by atoms with van der Waals surface area (Å²) in [4.78, 5) is 24.2. The molecular formula is C20H21N5O3S2. The number of carbonyl (C=O) groups excluding carboxylic acids is 2. The highest BCUT2D eigenvalue weighted by Crippen LogP contribution is 2.26. The maximum Gasteiger partial charge on any atom is 0.325 e. The first kappa shape index (κ1) is 21.6. The summed E-state index contributed by atoms with van der Waals surface area (Å²) in [5, 5.41) is 16.5. The average Bonchev–Trinajstić information content (AvgIpc) is 3.17. The van der Waals surface area contributed by atoms with Gasteiger partial charge in [-0.2, -0.15) is 0 Å². The number of rotatable bonds is 8. The number of aromatic nitrogens is 2. The molecule has 30 heavy (non-hydrogen) atoms. The number of ether oxygens (including phenoxy) is 1. The maximum atomic E-state index is 12.1. The fourth-order valence-corrected chi connectivity index (χ4v) is 3.89. The molecule has 156 valence electrons. The Bertz CT molecular complexity index is 990. The summed E-state index contributed by atoms with van der Waals surface area (Å²) in [5.41, 5.74) is 2.48. The van der Waals surface area contributed by atoms with Crippen molar-refractivity contribution in [1.82, 2.24) is 10.2 Å². The molecule has 3 aromatic rings. The highest BCUT2D eigenvalue weighted by molar-refractivity contribution is 8.01. The van der Waals surface area contributed by atoms with Crippen LogP contribution in [0.3, 0.4) is 0 Å². The van der Waals surface area contributed by atoms with E-state index >= 15 is 0 Å². The predicted octanol–water partition coefficient (Wildman–Crippen LogP) is 4.62. The molecule has 3 amide bonds. The van der Waals surface area contributed by atoms with Crippen LogP contribution < -0.4 is 20.7 Å². The Kier molecular flexibility index (Phi) is 7.63. The van der Waals surface area contributed by atoms with Gasteiger partial charge in [0.05, 0.1) is 12.4 Å². The van der Waals surface area contributed by atoms with Crippen molar-refractivity contribution >= 4 is 51.5 Å². The Morgan fingerprint density at radius 2 is 1.63 bits per heavy atom. The van der Waals surface area contributed by atoms with Crippen LogP contribution >= 0.6 is 23.1 Å². The number of anilines is 3. The van der Waals surface area contributed by atoms with Gasteiger partial charge >= 0.3 is 6.03 Å². The third-order valence-corrected chi connectivity index (χ3v) is 5.68. The number of hydrogen-bond acceptors (Lipinski definition) is 7. The first-order chi connectivity index (χ1) is 14.5. The largest absolute Gasteiger partial charge is 0.494 e. The Balaban J connectivity index is 1.43. The van der Waals surface area contributed by atoms with Crippen molar-refractivity contribution in [3.8, 4) is 5.75 Å². The number of aryl methyl sites for hydroxylation is 1. The number of amides is 3. The number of carbonyl (C=O) groups is 2. The summed E-state index contributed by atoms with van der Waals surface area (Å²) >= 11 is 2.45. The Morgan fingerprint density at radius 1 is 0.967 bits per heavy atom. The molecule has 1 heterocycles. The van der Waals surface area contributed by atoms with Gasteiger partial charge in [-0.3, -0.25) is 10.1 Å². The van der Waals surface area contributed by atoms with Crippen LogP contribution in [-0.2, 0) is 4.79 Å². The molecule has 0 atom stereocenters. The average molecular weight is 444 g/mol. The summed E-state index contributed by atoms with van der Waals surface area (Å²) in [6.45, 7) is 4.48. The van der Waals surface area contributed by atoms with Crippen molar-refractivity contribution in [2.24, 2.45) is 0 Å². The minimum atomic E-state index is -0.403. The lowest BCUT2D eigenvalue weighted by Gasteiger charge is -2.06. The highest BCUT2D eigenvalue weighted by Gasteiger charge is 2.11. The van der Waals surface area contributed by atoms with Crippen LogP contribution in [0.25, 0.3) is 0 Å². The standard InChI is InChI=1S/C20H21N5O3S2/c1-3-28-16-10-8-14(9-11-16)21-17(26)12-29-20-25-24-19(30-20)23-18(27)22-15-6-4-13(2)5-7-15/h4-11H,3,12H2,1-2H3,(H,21,26)(H2,22,23,24,27). The fraction of sp³-hybridized carbons (Fsp3) is 0.200. The molecule has 2 aromatic carbocycles. The van der Waals surface area contributed by atoms with Crippen molar-refractivity contribution < 1.29 is 14.3 Å². The van der Waals surface area contributed by atoms with Crippen molar-refractivity contribution in [2.75, 3.05) is 28.3 Å². The summed E-state index contributed by atoms with van der Waals surface area (Å²) in [6.07, 6.45) is 0. The molecule has 1 aromatic heterocycles. The molecule has 0 saturated carbocycles. The lowest BCUT2D eigenvalue weighted by molar-refractivity contribution is -0.113. The molecule has 8 nitrogen and oxygen atoms in total.